The Morgan fingerprint density at radius 1 is 1.13 bits per heavy atom. The molecule has 5 rings (SSSR count). The molecule has 4 fully saturated rings. The van der Waals surface area contributed by atoms with E-state index in [0.29, 0.717) is 23.7 Å². The summed E-state index contributed by atoms with van der Waals surface area (Å²) in [6.45, 7) is 4.58. The van der Waals surface area contributed by atoms with Crippen molar-refractivity contribution in [1.82, 2.24) is 0 Å². The number of carbonyl (C=O) groups excluding carboxylic acids is 1. The van der Waals surface area contributed by atoms with Gasteiger partial charge in [-0.1, -0.05) is 32.4 Å². The van der Waals surface area contributed by atoms with Gasteiger partial charge in [-0.25, -0.2) is 0 Å². The lowest BCUT2D eigenvalue weighted by Gasteiger charge is -2.45. The number of carbonyl (C=O) groups is 1. The molecule has 5 aliphatic rings. The van der Waals surface area contributed by atoms with E-state index in [4.69, 9.17) is 4.74 Å². The maximum atomic E-state index is 13.0. The second-order valence-electron chi connectivity index (χ2n) is 9.48. The van der Waals surface area contributed by atoms with Gasteiger partial charge in [0.2, 0.25) is 0 Å². The molecule has 0 aliphatic heterocycles. The van der Waals surface area contributed by atoms with E-state index < -0.39 is 0 Å². The first-order valence-corrected chi connectivity index (χ1v) is 9.99. The van der Waals surface area contributed by atoms with Gasteiger partial charge in [0.05, 0.1) is 5.92 Å². The van der Waals surface area contributed by atoms with Crippen LogP contribution in [0.25, 0.3) is 0 Å². The predicted molar refractivity (Wildman–Crippen MR) is 89.6 cm³/mol. The number of fused-ring (bicyclic) bond motifs is 7. The summed E-state index contributed by atoms with van der Waals surface area (Å²) in [6.07, 6.45) is 13.5. The quantitative estimate of drug-likeness (QED) is 0.562. The van der Waals surface area contributed by atoms with Crippen molar-refractivity contribution in [3.8, 4) is 0 Å². The van der Waals surface area contributed by atoms with Crippen LogP contribution in [-0.2, 0) is 9.53 Å². The monoisotopic (exact) mass is 314 g/mol. The number of hydrogen-bond acceptors (Lipinski definition) is 2. The Morgan fingerprint density at radius 3 is 2.65 bits per heavy atom. The molecule has 0 saturated heterocycles. The van der Waals surface area contributed by atoms with Gasteiger partial charge >= 0.3 is 5.97 Å². The molecular formula is C21H30O2. The highest BCUT2D eigenvalue weighted by Crippen LogP contribution is 2.65. The van der Waals surface area contributed by atoms with Gasteiger partial charge in [0.25, 0.3) is 0 Å². The Kier molecular flexibility index (Phi) is 3.07. The third kappa shape index (κ3) is 1.90. The summed E-state index contributed by atoms with van der Waals surface area (Å²) in [7, 11) is 0. The number of allylic oxidation sites excluding steroid dienone is 2. The second-order valence-corrected chi connectivity index (χ2v) is 9.48. The average molecular weight is 314 g/mol. The summed E-state index contributed by atoms with van der Waals surface area (Å²) in [5.74, 6) is 5.15. The number of rotatable bonds is 3. The van der Waals surface area contributed by atoms with Crippen LogP contribution in [0, 0.1) is 47.3 Å². The lowest BCUT2D eigenvalue weighted by molar-refractivity contribution is -0.183. The van der Waals surface area contributed by atoms with Gasteiger partial charge in [0.15, 0.2) is 0 Å². The van der Waals surface area contributed by atoms with Gasteiger partial charge in [-0.05, 0) is 74.0 Å². The van der Waals surface area contributed by atoms with Crippen LogP contribution in [0.4, 0.5) is 0 Å². The molecule has 0 amide bonds. The molecule has 8 atom stereocenters. The lowest BCUT2D eigenvalue weighted by Crippen LogP contribution is -2.50. The zero-order chi connectivity index (χ0) is 15.8. The first-order valence-electron chi connectivity index (χ1n) is 9.99. The summed E-state index contributed by atoms with van der Waals surface area (Å²) in [4.78, 5) is 13.0. The fourth-order valence-electron chi connectivity index (χ4n) is 7.35. The van der Waals surface area contributed by atoms with Crippen LogP contribution in [0.1, 0.15) is 58.8 Å². The Bertz CT molecular complexity index is 550. The second kappa shape index (κ2) is 4.86. The molecule has 0 N–H and O–H groups in total. The molecule has 5 aliphatic carbocycles. The largest absolute Gasteiger partial charge is 0.458 e. The van der Waals surface area contributed by atoms with Crippen molar-refractivity contribution in [3.63, 3.8) is 0 Å². The zero-order valence-electron chi connectivity index (χ0n) is 14.5. The van der Waals surface area contributed by atoms with Gasteiger partial charge in [-0.2, -0.15) is 0 Å². The molecule has 4 saturated carbocycles. The summed E-state index contributed by atoms with van der Waals surface area (Å²) in [5.41, 5.74) is -0.140. The van der Waals surface area contributed by atoms with Crippen molar-refractivity contribution < 1.29 is 9.53 Å². The molecule has 0 aromatic heterocycles. The fraction of sp³-hybridized carbons (Fsp3) is 0.857. The molecule has 8 unspecified atom stereocenters. The highest BCUT2D eigenvalue weighted by atomic mass is 16.6. The van der Waals surface area contributed by atoms with Crippen LogP contribution in [-0.4, -0.2) is 11.6 Å². The van der Waals surface area contributed by atoms with Gasteiger partial charge in [0.1, 0.15) is 5.60 Å². The molecule has 0 heterocycles. The molecule has 2 nitrogen and oxygen atoms in total. The molecule has 0 spiro atoms. The zero-order valence-corrected chi connectivity index (χ0v) is 14.5. The van der Waals surface area contributed by atoms with Crippen molar-refractivity contribution in [3.05, 3.63) is 12.2 Å². The van der Waals surface area contributed by atoms with E-state index in [1.165, 1.54) is 32.1 Å². The van der Waals surface area contributed by atoms with Gasteiger partial charge < -0.3 is 4.74 Å². The van der Waals surface area contributed by atoms with E-state index in [-0.39, 0.29) is 17.5 Å². The highest BCUT2D eigenvalue weighted by Gasteiger charge is 2.64. The summed E-state index contributed by atoms with van der Waals surface area (Å²) in [5, 5.41) is 0. The predicted octanol–water partition coefficient (Wildman–Crippen LogP) is 4.59. The maximum Gasteiger partial charge on any atom is 0.310 e. The van der Waals surface area contributed by atoms with Crippen LogP contribution in [0.5, 0.6) is 0 Å². The molecule has 0 aromatic rings. The van der Waals surface area contributed by atoms with Crippen molar-refractivity contribution in [2.75, 3.05) is 0 Å². The molecule has 2 heteroatoms. The van der Waals surface area contributed by atoms with E-state index in [1.807, 2.05) is 0 Å². The normalized spacial score (nSPS) is 52.6. The third-order valence-electron chi connectivity index (χ3n) is 8.36. The standard InChI is InChI=1S/C21H30O2/c1-12(2)21(11-15-10-19(21)17-5-3-4-16(15)17)23-20(22)18-9-13-6-7-14(18)8-13/h6-7,12-19H,3-5,8-11H2,1-2H3. The topological polar surface area (TPSA) is 26.3 Å². The third-order valence-corrected chi connectivity index (χ3v) is 8.36. The van der Waals surface area contributed by atoms with Crippen molar-refractivity contribution in [2.45, 2.75) is 64.4 Å². The Labute approximate surface area is 140 Å². The number of hydrogen-bond donors (Lipinski definition) is 0. The smallest absolute Gasteiger partial charge is 0.310 e. The summed E-state index contributed by atoms with van der Waals surface area (Å²) in [6, 6.07) is 0. The van der Waals surface area contributed by atoms with Crippen LogP contribution in [0.2, 0.25) is 0 Å². The SMILES string of the molecule is CC(C)C1(OC(=O)C2CC3C=CC2C3)CC2CC1C1CCCC21. The van der Waals surface area contributed by atoms with Crippen LogP contribution >= 0.6 is 0 Å². The Balaban J connectivity index is 1.39. The Morgan fingerprint density at radius 2 is 1.96 bits per heavy atom. The molecule has 4 bridgehead atoms. The first kappa shape index (κ1) is 14.5. The van der Waals surface area contributed by atoms with E-state index in [0.717, 1.165) is 30.6 Å². The molecular weight excluding hydrogens is 284 g/mol. The van der Waals surface area contributed by atoms with Crippen LogP contribution in [0.15, 0.2) is 12.2 Å². The van der Waals surface area contributed by atoms with Crippen molar-refractivity contribution in [2.24, 2.45) is 47.3 Å². The van der Waals surface area contributed by atoms with Crippen molar-refractivity contribution >= 4 is 5.97 Å². The first-order chi connectivity index (χ1) is 11.1. The van der Waals surface area contributed by atoms with Crippen LogP contribution < -0.4 is 0 Å². The maximum absolute atomic E-state index is 13.0. The van der Waals surface area contributed by atoms with Gasteiger partial charge in [-0.15, -0.1) is 0 Å². The fourth-order valence-corrected chi connectivity index (χ4v) is 7.35. The highest BCUT2D eigenvalue weighted by molar-refractivity contribution is 5.74. The summed E-state index contributed by atoms with van der Waals surface area (Å²) < 4.78 is 6.47. The van der Waals surface area contributed by atoms with E-state index >= 15 is 0 Å². The molecule has 23 heavy (non-hydrogen) atoms. The number of ether oxygens (including phenoxy) is 1. The number of esters is 1. The lowest BCUT2D eigenvalue weighted by atomic mass is 9.68. The minimum Gasteiger partial charge on any atom is -0.458 e. The van der Waals surface area contributed by atoms with Crippen LogP contribution in [0.3, 0.4) is 0 Å². The minimum atomic E-state index is -0.140. The summed E-state index contributed by atoms with van der Waals surface area (Å²) >= 11 is 0. The molecule has 0 aromatic carbocycles. The minimum absolute atomic E-state index is 0.137. The molecule has 0 radical (unpaired) electrons. The van der Waals surface area contributed by atoms with Gasteiger partial charge in [0, 0.05) is 5.92 Å². The van der Waals surface area contributed by atoms with Gasteiger partial charge in [-0.3, -0.25) is 4.79 Å². The van der Waals surface area contributed by atoms with E-state index in [1.54, 1.807) is 0 Å². The van der Waals surface area contributed by atoms with E-state index in [2.05, 4.69) is 26.0 Å². The Hall–Kier alpha value is -0.790. The average Bonchev–Trinajstić information content (AvgIpc) is 3.29. The van der Waals surface area contributed by atoms with Crippen molar-refractivity contribution in [1.29, 1.82) is 0 Å². The molecule has 126 valence electrons. The van der Waals surface area contributed by atoms with E-state index in [9.17, 15) is 4.79 Å².